The van der Waals surface area contributed by atoms with E-state index >= 15 is 0 Å². The van der Waals surface area contributed by atoms with E-state index in [4.69, 9.17) is 4.98 Å². The molecule has 2 nitrogen and oxygen atoms in total. The molecule has 0 aromatic carbocycles. The standard InChI is InChI=1S/C17H20N2S/c1-11(2)19-8-7-13(10-19)17-18-16-14-6-4-3-5-12(14)9-15(16)20-17/h3-5,9,11,13H,6-8,10H2,1-2H3. The van der Waals surface area contributed by atoms with Crippen LogP contribution in [0.1, 0.15) is 37.6 Å². The Balaban J connectivity index is 1.67. The van der Waals surface area contributed by atoms with Crippen LogP contribution in [0.25, 0.3) is 11.6 Å². The summed E-state index contributed by atoms with van der Waals surface area (Å²) in [5.74, 6) is 0.647. The van der Waals surface area contributed by atoms with Gasteiger partial charge in [0, 0.05) is 18.5 Å². The van der Waals surface area contributed by atoms with Crippen LogP contribution >= 0.6 is 11.3 Å². The average Bonchev–Trinajstić information content (AvgIpc) is 3.11. The summed E-state index contributed by atoms with van der Waals surface area (Å²) in [5, 5.41) is 2.62. The van der Waals surface area contributed by atoms with Crippen molar-refractivity contribution in [2.75, 3.05) is 13.1 Å². The van der Waals surface area contributed by atoms with Crippen LogP contribution in [0.5, 0.6) is 0 Å². The van der Waals surface area contributed by atoms with Crippen LogP contribution < -0.4 is 9.88 Å². The topological polar surface area (TPSA) is 16.1 Å². The fraction of sp³-hybridized carbons (Fsp3) is 0.471. The third-order valence-corrected chi connectivity index (χ3v) is 5.79. The quantitative estimate of drug-likeness (QED) is 0.827. The van der Waals surface area contributed by atoms with Gasteiger partial charge in [-0.1, -0.05) is 18.2 Å². The highest BCUT2D eigenvalue weighted by Gasteiger charge is 2.28. The zero-order chi connectivity index (χ0) is 13.7. The Morgan fingerprint density at radius 3 is 3.10 bits per heavy atom. The lowest BCUT2D eigenvalue weighted by molar-refractivity contribution is 0.272. The second-order valence-corrected chi connectivity index (χ2v) is 7.28. The van der Waals surface area contributed by atoms with Crippen LogP contribution in [0, 0.1) is 0 Å². The highest BCUT2D eigenvalue weighted by atomic mass is 32.1. The molecule has 1 aromatic heterocycles. The maximum absolute atomic E-state index is 5.00. The monoisotopic (exact) mass is 284 g/mol. The van der Waals surface area contributed by atoms with E-state index in [1.165, 1.54) is 45.5 Å². The molecule has 4 rings (SSSR count). The first-order valence-electron chi connectivity index (χ1n) is 7.55. The fourth-order valence-electron chi connectivity index (χ4n) is 3.38. The van der Waals surface area contributed by atoms with E-state index in [1.54, 1.807) is 0 Å². The summed E-state index contributed by atoms with van der Waals surface area (Å²) >= 11 is 1.92. The summed E-state index contributed by atoms with van der Waals surface area (Å²) in [4.78, 5) is 7.57. The summed E-state index contributed by atoms with van der Waals surface area (Å²) < 4.78 is 1.38. The van der Waals surface area contributed by atoms with Crippen molar-refractivity contribution in [3.05, 3.63) is 38.7 Å². The summed E-state index contributed by atoms with van der Waals surface area (Å²) in [7, 11) is 0. The Bertz CT molecular complexity index is 721. The molecule has 3 aliphatic rings. The van der Waals surface area contributed by atoms with E-state index in [1.807, 2.05) is 11.3 Å². The molecule has 0 radical (unpaired) electrons. The smallest absolute Gasteiger partial charge is 0.0982 e. The second-order valence-electron chi connectivity index (χ2n) is 6.22. The summed E-state index contributed by atoms with van der Waals surface area (Å²) in [5.41, 5.74) is 2.81. The lowest BCUT2D eigenvalue weighted by Crippen LogP contribution is -2.28. The van der Waals surface area contributed by atoms with Crippen LogP contribution in [0.15, 0.2) is 23.8 Å². The van der Waals surface area contributed by atoms with Crippen LogP contribution in [-0.4, -0.2) is 29.0 Å². The first-order chi connectivity index (χ1) is 9.72. The number of allylic oxidation sites excluding steroid dienone is 4. The molecule has 0 amide bonds. The number of hydrogen-bond acceptors (Lipinski definition) is 3. The van der Waals surface area contributed by atoms with Gasteiger partial charge in [0.25, 0.3) is 0 Å². The van der Waals surface area contributed by atoms with Crippen LogP contribution in [0.2, 0.25) is 0 Å². The zero-order valence-electron chi connectivity index (χ0n) is 12.1. The number of aromatic nitrogens is 1. The Kier molecular flexibility index (Phi) is 2.93. The van der Waals surface area contributed by atoms with Crippen molar-refractivity contribution in [2.45, 2.75) is 38.6 Å². The van der Waals surface area contributed by atoms with Gasteiger partial charge in [-0.15, -0.1) is 11.3 Å². The Morgan fingerprint density at radius 2 is 2.30 bits per heavy atom. The van der Waals surface area contributed by atoms with Crippen molar-refractivity contribution < 1.29 is 0 Å². The maximum atomic E-state index is 5.00. The Hall–Kier alpha value is -1.19. The van der Waals surface area contributed by atoms with E-state index in [0.717, 1.165) is 6.42 Å². The lowest BCUT2D eigenvalue weighted by atomic mass is 10.0. The molecule has 1 fully saturated rings. The van der Waals surface area contributed by atoms with Gasteiger partial charge >= 0.3 is 0 Å². The molecular formula is C17H20N2S. The second kappa shape index (κ2) is 4.68. The van der Waals surface area contributed by atoms with Gasteiger partial charge in [0.15, 0.2) is 0 Å². The number of rotatable bonds is 2. The number of hydrogen-bond donors (Lipinski definition) is 0. The fourth-order valence-corrected chi connectivity index (χ4v) is 4.55. The zero-order valence-corrected chi connectivity index (χ0v) is 12.9. The molecule has 104 valence electrons. The van der Waals surface area contributed by atoms with Crippen molar-refractivity contribution >= 4 is 23.0 Å². The molecule has 1 unspecified atom stereocenters. The number of nitrogens with zero attached hydrogens (tertiary/aromatic N) is 2. The highest BCUT2D eigenvalue weighted by Crippen LogP contribution is 2.29. The summed E-state index contributed by atoms with van der Waals surface area (Å²) in [6.45, 7) is 6.99. The van der Waals surface area contributed by atoms with E-state index in [9.17, 15) is 0 Å². The number of thiazole rings is 1. The van der Waals surface area contributed by atoms with Gasteiger partial charge in [-0.2, -0.15) is 0 Å². The molecule has 3 heteroatoms. The molecule has 0 bridgehead atoms. The van der Waals surface area contributed by atoms with Gasteiger partial charge in [0.05, 0.1) is 14.9 Å². The average molecular weight is 284 g/mol. The number of likely N-dealkylation sites (tertiary alicyclic amines) is 1. The van der Waals surface area contributed by atoms with Crippen LogP contribution in [0.3, 0.4) is 0 Å². The minimum absolute atomic E-state index is 0.647. The predicted octanol–water partition coefficient (Wildman–Crippen LogP) is 2.17. The SMILES string of the molecule is CC(C)N1CCC(c2nc3c(s2)=CC2=CC=CCC=32)C1. The highest BCUT2D eigenvalue weighted by molar-refractivity contribution is 7.09. The third kappa shape index (κ3) is 1.92. The van der Waals surface area contributed by atoms with Crippen molar-refractivity contribution in [1.82, 2.24) is 9.88 Å². The molecule has 1 aliphatic heterocycles. The van der Waals surface area contributed by atoms with Crippen LogP contribution in [-0.2, 0) is 0 Å². The molecule has 0 spiro atoms. The molecule has 0 saturated carbocycles. The van der Waals surface area contributed by atoms with Gasteiger partial charge in [0.1, 0.15) is 0 Å². The molecule has 1 atom stereocenters. The molecule has 2 aliphatic carbocycles. The van der Waals surface area contributed by atoms with Crippen LogP contribution in [0.4, 0.5) is 0 Å². The molecular weight excluding hydrogens is 264 g/mol. The van der Waals surface area contributed by atoms with Gasteiger partial charge in [-0.25, -0.2) is 4.98 Å². The van der Waals surface area contributed by atoms with E-state index < -0.39 is 0 Å². The van der Waals surface area contributed by atoms with Crippen molar-refractivity contribution in [3.63, 3.8) is 0 Å². The minimum atomic E-state index is 0.647. The van der Waals surface area contributed by atoms with E-state index in [2.05, 4.69) is 43.1 Å². The first kappa shape index (κ1) is 12.5. The number of fused-ring (bicyclic) bond motifs is 2. The van der Waals surface area contributed by atoms with Crippen molar-refractivity contribution in [3.8, 4) is 0 Å². The van der Waals surface area contributed by atoms with E-state index in [0.29, 0.717) is 12.0 Å². The van der Waals surface area contributed by atoms with Gasteiger partial charge in [-0.3, -0.25) is 0 Å². The Labute approximate surface area is 123 Å². The van der Waals surface area contributed by atoms with E-state index in [-0.39, 0.29) is 0 Å². The largest absolute Gasteiger partial charge is 0.300 e. The summed E-state index contributed by atoms with van der Waals surface area (Å²) in [6.07, 6.45) is 11.2. The molecule has 0 N–H and O–H groups in total. The van der Waals surface area contributed by atoms with Crippen molar-refractivity contribution in [2.24, 2.45) is 0 Å². The molecule has 2 heterocycles. The van der Waals surface area contributed by atoms with Gasteiger partial charge in [0.2, 0.25) is 0 Å². The van der Waals surface area contributed by atoms with Crippen molar-refractivity contribution in [1.29, 1.82) is 0 Å². The first-order valence-corrected chi connectivity index (χ1v) is 8.37. The molecule has 20 heavy (non-hydrogen) atoms. The normalized spacial score (nSPS) is 24.9. The van der Waals surface area contributed by atoms with Gasteiger partial charge in [-0.05, 0) is 50.5 Å². The lowest BCUT2D eigenvalue weighted by Gasteiger charge is -2.19. The summed E-state index contributed by atoms with van der Waals surface area (Å²) in [6, 6.07) is 0.658. The Morgan fingerprint density at radius 1 is 1.40 bits per heavy atom. The maximum Gasteiger partial charge on any atom is 0.0982 e. The molecule has 1 aromatic rings. The third-order valence-electron chi connectivity index (χ3n) is 4.62. The predicted molar refractivity (Wildman–Crippen MR) is 85.1 cm³/mol. The van der Waals surface area contributed by atoms with Gasteiger partial charge < -0.3 is 4.90 Å². The minimum Gasteiger partial charge on any atom is -0.300 e. The molecule has 1 saturated heterocycles.